The number of sulfonamides is 1. The Balaban J connectivity index is 1.77. The summed E-state index contributed by atoms with van der Waals surface area (Å²) in [5.41, 5.74) is 2.43. The van der Waals surface area contributed by atoms with E-state index in [4.69, 9.17) is 4.74 Å². The van der Waals surface area contributed by atoms with Crippen molar-refractivity contribution in [3.63, 3.8) is 0 Å². The number of benzene rings is 2. The molecule has 0 spiro atoms. The zero-order chi connectivity index (χ0) is 21.7. The standard InChI is InChI=1S/C22H27N3O4S/c1-4-25(5-2)30(27,28)17-11-12-21(29-3)20(14-17)24-22(26)13-10-16-15-23-19-9-7-6-8-18(16)19/h6-9,11-12,14-15,23H,4-5,10,13H2,1-3H3,(H,24,26). The number of rotatable bonds is 9. The molecule has 0 bridgehead atoms. The monoisotopic (exact) mass is 429 g/mol. The lowest BCUT2D eigenvalue weighted by molar-refractivity contribution is -0.116. The molecule has 1 aromatic heterocycles. The molecule has 3 aromatic rings. The van der Waals surface area contributed by atoms with Crippen LogP contribution >= 0.6 is 0 Å². The van der Waals surface area contributed by atoms with Gasteiger partial charge in [-0.15, -0.1) is 0 Å². The number of hydrogen-bond acceptors (Lipinski definition) is 4. The second kappa shape index (κ2) is 9.32. The molecule has 0 aliphatic carbocycles. The summed E-state index contributed by atoms with van der Waals surface area (Å²) in [6.07, 6.45) is 2.74. The second-order valence-corrected chi connectivity index (χ2v) is 8.80. The van der Waals surface area contributed by atoms with Crippen molar-refractivity contribution in [2.45, 2.75) is 31.6 Å². The molecule has 3 rings (SSSR count). The van der Waals surface area contributed by atoms with Crippen LogP contribution in [0, 0.1) is 0 Å². The topological polar surface area (TPSA) is 91.5 Å². The molecule has 0 aliphatic rings. The summed E-state index contributed by atoms with van der Waals surface area (Å²) in [6, 6.07) is 12.4. The van der Waals surface area contributed by atoms with E-state index in [0.717, 1.165) is 16.5 Å². The van der Waals surface area contributed by atoms with Crippen molar-refractivity contribution in [3.8, 4) is 5.75 Å². The first kappa shape index (κ1) is 21.9. The van der Waals surface area contributed by atoms with Crippen LogP contribution in [0.25, 0.3) is 10.9 Å². The molecule has 7 nitrogen and oxygen atoms in total. The Bertz CT molecular complexity index is 1130. The van der Waals surface area contributed by atoms with Crippen molar-refractivity contribution in [1.29, 1.82) is 0 Å². The highest BCUT2D eigenvalue weighted by molar-refractivity contribution is 7.89. The smallest absolute Gasteiger partial charge is 0.243 e. The fraction of sp³-hybridized carbons (Fsp3) is 0.318. The molecule has 0 aliphatic heterocycles. The van der Waals surface area contributed by atoms with Crippen LogP contribution in [0.5, 0.6) is 5.75 Å². The first-order valence-corrected chi connectivity index (χ1v) is 11.4. The van der Waals surface area contributed by atoms with E-state index in [1.807, 2.05) is 30.5 Å². The molecule has 160 valence electrons. The first-order chi connectivity index (χ1) is 14.4. The summed E-state index contributed by atoms with van der Waals surface area (Å²) in [4.78, 5) is 15.9. The minimum absolute atomic E-state index is 0.124. The Morgan fingerprint density at radius 2 is 1.87 bits per heavy atom. The largest absolute Gasteiger partial charge is 0.495 e. The maximum absolute atomic E-state index is 12.8. The average Bonchev–Trinajstić information content (AvgIpc) is 3.16. The van der Waals surface area contributed by atoms with Gasteiger partial charge >= 0.3 is 0 Å². The van der Waals surface area contributed by atoms with Crippen LogP contribution in [0.15, 0.2) is 53.6 Å². The summed E-state index contributed by atoms with van der Waals surface area (Å²) in [5, 5.41) is 3.90. The van der Waals surface area contributed by atoms with Gasteiger partial charge in [-0.05, 0) is 36.2 Å². The van der Waals surface area contributed by atoms with E-state index < -0.39 is 10.0 Å². The number of methoxy groups -OCH3 is 1. The molecular formula is C22H27N3O4S. The molecule has 0 unspecified atom stereocenters. The maximum atomic E-state index is 12.8. The number of anilines is 1. The van der Waals surface area contributed by atoms with Crippen molar-refractivity contribution < 1.29 is 17.9 Å². The third-order valence-corrected chi connectivity index (χ3v) is 7.13. The van der Waals surface area contributed by atoms with Crippen molar-refractivity contribution >= 4 is 32.5 Å². The van der Waals surface area contributed by atoms with Crippen LogP contribution < -0.4 is 10.1 Å². The lowest BCUT2D eigenvalue weighted by atomic mass is 10.1. The summed E-state index contributed by atoms with van der Waals surface area (Å²) in [6.45, 7) is 4.32. The predicted octanol–water partition coefficient (Wildman–Crippen LogP) is 3.78. The predicted molar refractivity (Wildman–Crippen MR) is 118 cm³/mol. The van der Waals surface area contributed by atoms with Gasteiger partial charge in [-0.2, -0.15) is 4.31 Å². The van der Waals surface area contributed by atoms with E-state index in [1.165, 1.54) is 23.5 Å². The van der Waals surface area contributed by atoms with E-state index in [-0.39, 0.29) is 17.2 Å². The number of aromatic nitrogens is 1. The van der Waals surface area contributed by atoms with Gasteiger partial charge in [0.1, 0.15) is 5.75 Å². The third kappa shape index (κ3) is 4.49. The number of fused-ring (bicyclic) bond motifs is 1. The van der Waals surface area contributed by atoms with Gasteiger partial charge in [0.2, 0.25) is 15.9 Å². The summed E-state index contributed by atoms with van der Waals surface area (Å²) in [7, 11) is -2.15. The minimum Gasteiger partial charge on any atom is -0.495 e. The number of ether oxygens (including phenoxy) is 1. The number of nitrogens with zero attached hydrogens (tertiary/aromatic N) is 1. The maximum Gasteiger partial charge on any atom is 0.243 e. The van der Waals surface area contributed by atoms with E-state index in [9.17, 15) is 13.2 Å². The number of aromatic amines is 1. The molecule has 0 fully saturated rings. The average molecular weight is 430 g/mol. The van der Waals surface area contributed by atoms with Gasteiger partial charge in [-0.3, -0.25) is 4.79 Å². The number of para-hydroxylation sites is 1. The second-order valence-electron chi connectivity index (χ2n) is 6.86. The molecule has 0 saturated carbocycles. The van der Waals surface area contributed by atoms with E-state index >= 15 is 0 Å². The van der Waals surface area contributed by atoms with E-state index in [1.54, 1.807) is 19.9 Å². The van der Waals surface area contributed by atoms with E-state index in [0.29, 0.717) is 30.9 Å². The Morgan fingerprint density at radius 1 is 1.13 bits per heavy atom. The molecule has 0 saturated heterocycles. The fourth-order valence-corrected chi connectivity index (χ4v) is 4.94. The van der Waals surface area contributed by atoms with Crippen LogP contribution in [0.4, 0.5) is 5.69 Å². The highest BCUT2D eigenvalue weighted by atomic mass is 32.2. The Kier molecular flexibility index (Phi) is 6.79. The van der Waals surface area contributed by atoms with Crippen LogP contribution in [0.2, 0.25) is 0 Å². The van der Waals surface area contributed by atoms with Gasteiger partial charge in [-0.25, -0.2) is 8.42 Å². The molecule has 30 heavy (non-hydrogen) atoms. The third-order valence-electron chi connectivity index (χ3n) is 5.08. The molecule has 0 radical (unpaired) electrons. The number of carbonyl (C=O) groups is 1. The zero-order valence-corrected chi connectivity index (χ0v) is 18.3. The van der Waals surface area contributed by atoms with Crippen molar-refractivity contribution in [2.24, 2.45) is 0 Å². The van der Waals surface area contributed by atoms with Gasteiger partial charge in [0.15, 0.2) is 0 Å². The van der Waals surface area contributed by atoms with E-state index in [2.05, 4.69) is 10.3 Å². The lowest BCUT2D eigenvalue weighted by Gasteiger charge is -2.19. The number of hydrogen-bond donors (Lipinski definition) is 2. The number of aryl methyl sites for hydroxylation is 1. The zero-order valence-electron chi connectivity index (χ0n) is 17.4. The van der Waals surface area contributed by atoms with Crippen LogP contribution in [-0.4, -0.2) is 43.8 Å². The minimum atomic E-state index is -3.63. The Morgan fingerprint density at radius 3 is 2.57 bits per heavy atom. The number of H-pyrrole nitrogens is 1. The van der Waals surface area contributed by atoms with Gasteiger partial charge in [-0.1, -0.05) is 32.0 Å². The molecule has 1 heterocycles. The van der Waals surface area contributed by atoms with Crippen LogP contribution in [0.3, 0.4) is 0 Å². The Labute approximate surface area is 177 Å². The van der Waals surface area contributed by atoms with Crippen molar-refractivity contribution in [3.05, 3.63) is 54.2 Å². The van der Waals surface area contributed by atoms with Crippen molar-refractivity contribution in [2.75, 3.05) is 25.5 Å². The Hall–Kier alpha value is -2.84. The van der Waals surface area contributed by atoms with Crippen LogP contribution in [0.1, 0.15) is 25.8 Å². The number of nitrogens with one attached hydrogen (secondary N) is 2. The van der Waals surface area contributed by atoms with Crippen molar-refractivity contribution in [1.82, 2.24) is 9.29 Å². The molecular weight excluding hydrogens is 402 g/mol. The molecule has 8 heteroatoms. The summed E-state index contributed by atoms with van der Waals surface area (Å²) in [5.74, 6) is 0.199. The SMILES string of the molecule is CCN(CC)S(=O)(=O)c1ccc(OC)c(NC(=O)CCc2c[nH]c3ccccc23)c1. The number of amides is 1. The molecule has 1 amide bonds. The molecule has 2 N–H and O–H groups in total. The first-order valence-electron chi connectivity index (χ1n) is 9.93. The summed E-state index contributed by atoms with van der Waals surface area (Å²) >= 11 is 0. The normalized spacial score (nSPS) is 11.7. The molecule has 2 aromatic carbocycles. The quantitative estimate of drug-likeness (QED) is 0.542. The van der Waals surface area contributed by atoms with Gasteiger partial charge < -0.3 is 15.0 Å². The molecule has 0 atom stereocenters. The van der Waals surface area contributed by atoms with Crippen LogP contribution in [-0.2, 0) is 21.2 Å². The van der Waals surface area contributed by atoms with Gasteiger partial charge in [0, 0.05) is 36.6 Å². The number of carbonyl (C=O) groups excluding carboxylic acids is 1. The van der Waals surface area contributed by atoms with Gasteiger partial charge in [0.25, 0.3) is 0 Å². The lowest BCUT2D eigenvalue weighted by Crippen LogP contribution is -2.30. The van der Waals surface area contributed by atoms with Gasteiger partial charge in [0.05, 0.1) is 17.7 Å². The highest BCUT2D eigenvalue weighted by Crippen LogP contribution is 2.29. The fourth-order valence-electron chi connectivity index (χ4n) is 3.46. The highest BCUT2D eigenvalue weighted by Gasteiger charge is 2.23. The summed E-state index contributed by atoms with van der Waals surface area (Å²) < 4.78 is 32.3.